The minimum absolute atomic E-state index is 0.121. The van der Waals surface area contributed by atoms with Crippen molar-refractivity contribution in [2.75, 3.05) is 0 Å². The fourth-order valence-corrected chi connectivity index (χ4v) is 5.44. The van der Waals surface area contributed by atoms with Gasteiger partial charge in [-0.25, -0.2) is 4.98 Å². The molecule has 0 amide bonds. The highest BCUT2D eigenvalue weighted by molar-refractivity contribution is 6.08. The number of benzene rings is 2. The van der Waals surface area contributed by atoms with Crippen LogP contribution in [0.5, 0.6) is 0 Å². The fraction of sp³-hybridized carbons (Fsp3) is 0.412. The molecule has 4 nitrogen and oxygen atoms in total. The molecule has 5 rings (SSSR count). The van der Waals surface area contributed by atoms with Gasteiger partial charge in [-0.3, -0.25) is 4.98 Å². The van der Waals surface area contributed by atoms with Crippen LogP contribution >= 0.6 is 0 Å². The molecule has 0 aliphatic carbocycles. The number of nitrogens with zero attached hydrogens (tertiary/aromatic N) is 4. The molecule has 0 bridgehead atoms. The van der Waals surface area contributed by atoms with E-state index in [-0.39, 0.29) is 10.8 Å². The Morgan fingerprint density at radius 3 is 1.74 bits per heavy atom. The molecule has 0 radical (unpaired) electrons. The van der Waals surface area contributed by atoms with Crippen LogP contribution in [0.3, 0.4) is 0 Å². The minimum atomic E-state index is 0.121. The molecule has 5 aromatic rings. The van der Waals surface area contributed by atoms with Crippen molar-refractivity contribution in [3.05, 3.63) is 83.3 Å². The van der Waals surface area contributed by atoms with Crippen LogP contribution < -0.4 is 0 Å². The molecule has 0 unspecified atom stereocenters. The predicted molar refractivity (Wildman–Crippen MR) is 161 cm³/mol. The first-order chi connectivity index (χ1) is 17.9. The predicted octanol–water partition coefficient (Wildman–Crippen LogP) is 8.75. The molecular weight excluding hydrogens is 464 g/mol. The third-order valence-electron chi connectivity index (χ3n) is 7.96. The molecular formula is C34H42N4. The number of unbranched alkanes of at least 4 members (excludes halogenated alkanes) is 1. The average Bonchev–Trinajstić information content (AvgIpc) is 3.34. The van der Waals surface area contributed by atoms with Crippen LogP contribution in [0, 0.1) is 13.8 Å². The molecule has 0 saturated heterocycles. The summed E-state index contributed by atoms with van der Waals surface area (Å²) < 4.78 is 4.88. The highest BCUT2D eigenvalue weighted by Gasteiger charge is 2.20. The number of aryl methyl sites for hydroxylation is 2. The Hall–Kier alpha value is -3.40. The Balaban J connectivity index is 1.46. The molecule has 0 aliphatic heterocycles. The van der Waals surface area contributed by atoms with Gasteiger partial charge in [0.2, 0.25) is 0 Å². The zero-order chi connectivity index (χ0) is 27.2. The van der Waals surface area contributed by atoms with Crippen molar-refractivity contribution < 1.29 is 0 Å². The second-order valence-electron chi connectivity index (χ2n) is 12.8. The quantitative estimate of drug-likeness (QED) is 0.216. The zero-order valence-electron chi connectivity index (χ0n) is 24.4. The minimum Gasteiger partial charge on any atom is -0.340 e. The van der Waals surface area contributed by atoms with E-state index in [1.807, 2.05) is 24.4 Å². The van der Waals surface area contributed by atoms with Gasteiger partial charge in [-0.2, -0.15) is 0 Å². The van der Waals surface area contributed by atoms with E-state index in [2.05, 4.69) is 106 Å². The number of fused-ring (bicyclic) bond motifs is 3. The van der Waals surface area contributed by atoms with Crippen LogP contribution in [0.25, 0.3) is 33.3 Å². The van der Waals surface area contributed by atoms with Gasteiger partial charge in [0, 0.05) is 46.8 Å². The van der Waals surface area contributed by atoms with Gasteiger partial charge < -0.3 is 9.13 Å². The molecule has 0 atom stereocenters. The number of hydrogen-bond acceptors (Lipinski definition) is 2. The molecule has 0 fully saturated rings. The zero-order valence-corrected chi connectivity index (χ0v) is 24.4. The maximum atomic E-state index is 4.84. The molecule has 0 aliphatic rings. The molecule has 2 aromatic carbocycles. The second-order valence-corrected chi connectivity index (χ2v) is 12.8. The van der Waals surface area contributed by atoms with Crippen molar-refractivity contribution in [3.63, 3.8) is 0 Å². The highest BCUT2D eigenvalue weighted by Crippen LogP contribution is 2.36. The van der Waals surface area contributed by atoms with Crippen molar-refractivity contribution in [2.24, 2.45) is 0 Å². The van der Waals surface area contributed by atoms with E-state index < -0.39 is 0 Å². The summed E-state index contributed by atoms with van der Waals surface area (Å²) in [5, 5.41) is 2.74. The fourth-order valence-electron chi connectivity index (χ4n) is 5.44. The Morgan fingerprint density at radius 2 is 1.24 bits per heavy atom. The third-order valence-corrected chi connectivity index (χ3v) is 7.96. The van der Waals surface area contributed by atoms with Crippen molar-refractivity contribution in [2.45, 2.75) is 92.2 Å². The molecule has 0 N–H and O–H groups in total. The lowest BCUT2D eigenvalue weighted by Crippen LogP contribution is -2.10. The van der Waals surface area contributed by atoms with Crippen LogP contribution in [0.2, 0.25) is 0 Å². The smallest absolute Gasteiger partial charge is 0.159 e. The topological polar surface area (TPSA) is 35.6 Å². The van der Waals surface area contributed by atoms with Crippen molar-refractivity contribution >= 4 is 21.8 Å². The summed E-state index contributed by atoms with van der Waals surface area (Å²) in [6.45, 7) is 20.0. The Labute approximate surface area is 227 Å². The first-order valence-corrected chi connectivity index (χ1v) is 14.0. The highest BCUT2D eigenvalue weighted by atomic mass is 15.1. The van der Waals surface area contributed by atoms with E-state index in [0.717, 1.165) is 43.1 Å². The lowest BCUT2D eigenvalue weighted by atomic mass is 9.85. The standard InChI is InChI=1S/C34H42N4/c1-23-24(2)37(32(36-23)29-13-9-10-18-35-29)19-11-12-20-38-30-16-14-25(33(3,4)5)21-27(30)28-22-26(34(6,7)8)15-17-31(28)38/h9-10,13-18,21-22H,11-12,19-20H2,1-8H3. The Bertz CT molecular complexity index is 1520. The molecule has 198 valence electrons. The lowest BCUT2D eigenvalue weighted by molar-refractivity contribution is 0.562. The summed E-state index contributed by atoms with van der Waals surface area (Å²) in [6, 6.07) is 20.2. The second kappa shape index (κ2) is 9.72. The monoisotopic (exact) mass is 506 g/mol. The van der Waals surface area contributed by atoms with E-state index in [1.165, 1.54) is 38.6 Å². The van der Waals surface area contributed by atoms with E-state index in [1.54, 1.807) is 0 Å². The molecule has 3 aromatic heterocycles. The Morgan fingerprint density at radius 1 is 0.684 bits per heavy atom. The van der Waals surface area contributed by atoms with E-state index in [0.29, 0.717) is 0 Å². The van der Waals surface area contributed by atoms with Crippen LogP contribution in [0.4, 0.5) is 0 Å². The number of pyridine rings is 1. The van der Waals surface area contributed by atoms with Crippen molar-refractivity contribution in [1.29, 1.82) is 0 Å². The van der Waals surface area contributed by atoms with E-state index >= 15 is 0 Å². The van der Waals surface area contributed by atoms with Gasteiger partial charge in [0.25, 0.3) is 0 Å². The van der Waals surface area contributed by atoms with Gasteiger partial charge in [-0.1, -0.05) is 59.7 Å². The summed E-state index contributed by atoms with van der Waals surface area (Å²) in [5.41, 5.74) is 8.94. The van der Waals surface area contributed by atoms with Gasteiger partial charge in [-0.15, -0.1) is 0 Å². The number of rotatable bonds is 6. The number of hydrogen-bond donors (Lipinski definition) is 0. The van der Waals surface area contributed by atoms with Gasteiger partial charge >= 0.3 is 0 Å². The number of aromatic nitrogens is 4. The average molecular weight is 507 g/mol. The summed E-state index contributed by atoms with van der Waals surface area (Å²) in [4.78, 5) is 9.40. The van der Waals surface area contributed by atoms with Gasteiger partial charge in [0.1, 0.15) is 5.69 Å². The SMILES string of the molecule is Cc1nc(-c2ccccn2)n(CCCCn2c3ccc(C(C)(C)C)cc3c3cc(C(C)(C)C)ccc32)c1C. The molecule has 0 saturated carbocycles. The van der Waals surface area contributed by atoms with Crippen LogP contribution in [-0.4, -0.2) is 19.1 Å². The summed E-state index contributed by atoms with van der Waals surface area (Å²) >= 11 is 0. The number of imidazole rings is 1. The van der Waals surface area contributed by atoms with E-state index in [9.17, 15) is 0 Å². The summed E-state index contributed by atoms with van der Waals surface area (Å²) in [6.07, 6.45) is 4.02. The van der Waals surface area contributed by atoms with Crippen molar-refractivity contribution in [1.82, 2.24) is 19.1 Å². The molecule has 3 heterocycles. The lowest BCUT2D eigenvalue weighted by Gasteiger charge is -2.19. The van der Waals surface area contributed by atoms with Gasteiger partial charge in [0.15, 0.2) is 5.82 Å². The molecule has 0 spiro atoms. The van der Waals surface area contributed by atoms with Crippen molar-refractivity contribution in [3.8, 4) is 11.5 Å². The normalized spacial score (nSPS) is 12.6. The first kappa shape index (κ1) is 26.2. The molecule has 38 heavy (non-hydrogen) atoms. The third kappa shape index (κ3) is 4.89. The van der Waals surface area contributed by atoms with Gasteiger partial charge in [-0.05, 0) is 85.0 Å². The maximum Gasteiger partial charge on any atom is 0.159 e. The van der Waals surface area contributed by atoms with E-state index in [4.69, 9.17) is 4.98 Å². The summed E-state index contributed by atoms with van der Waals surface area (Å²) in [7, 11) is 0. The molecule has 4 heteroatoms. The van der Waals surface area contributed by atoms with Crippen LogP contribution in [0.15, 0.2) is 60.8 Å². The van der Waals surface area contributed by atoms with Crippen LogP contribution in [0.1, 0.15) is 76.9 Å². The largest absolute Gasteiger partial charge is 0.340 e. The summed E-state index contributed by atoms with van der Waals surface area (Å²) in [5.74, 6) is 0.974. The van der Waals surface area contributed by atoms with Crippen LogP contribution in [-0.2, 0) is 23.9 Å². The first-order valence-electron chi connectivity index (χ1n) is 14.0. The van der Waals surface area contributed by atoms with Gasteiger partial charge in [0.05, 0.1) is 5.69 Å². The maximum absolute atomic E-state index is 4.84. The Kier molecular flexibility index (Phi) is 6.71.